The number of sulfonamides is 1. The maximum absolute atomic E-state index is 12.6. The molecule has 0 fully saturated rings. The number of rotatable bonds is 4. The molecule has 0 unspecified atom stereocenters. The Hall–Kier alpha value is -3.05. The highest BCUT2D eigenvalue weighted by atomic mass is 32.2. The Bertz CT molecular complexity index is 1010. The average molecular weight is 385 g/mol. The molecule has 0 radical (unpaired) electrons. The van der Waals surface area contributed by atoms with Gasteiger partial charge >= 0.3 is 0 Å². The van der Waals surface area contributed by atoms with Crippen LogP contribution in [0.1, 0.15) is 11.1 Å². The standard InChI is InChI=1S/C19H19N3O4S/c1-13-3-8-17-16(11-13)22(27(2,24)25)12-18(26-17)19(23)21-15-6-4-14(5-7-15)9-10-20/h3-8,11,18H,9,12H2,1-2H3,(H,21,23)/t18-/m0/s1. The second kappa shape index (κ2) is 7.29. The first-order valence-electron chi connectivity index (χ1n) is 8.29. The molecule has 27 heavy (non-hydrogen) atoms. The Balaban J connectivity index is 1.81. The van der Waals surface area contributed by atoms with Gasteiger partial charge in [-0.15, -0.1) is 0 Å². The fraction of sp³-hybridized carbons (Fsp3) is 0.263. The number of amides is 1. The molecule has 0 bridgehead atoms. The fourth-order valence-corrected chi connectivity index (χ4v) is 3.74. The van der Waals surface area contributed by atoms with Crippen LogP contribution in [-0.2, 0) is 21.2 Å². The quantitative estimate of drug-likeness (QED) is 0.870. The number of carbonyl (C=O) groups is 1. The van der Waals surface area contributed by atoms with Crippen molar-refractivity contribution in [1.82, 2.24) is 0 Å². The Morgan fingerprint density at radius 3 is 2.63 bits per heavy atom. The third kappa shape index (κ3) is 4.20. The third-order valence-electron chi connectivity index (χ3n) is 4.18. The molecule has 0 saturated heterocycles. The van der Waals surface area contributed by atoms with Crippen LogP contribution in [-0.4, -0.2) is 33.2 Å². The smallest absolute Gasteiger partial charge is 0.267 e. The van der Waals surface area contributed by atoms with E-state index in [2.05, 4.69) is 11.4 Å². The van der Waals surface area contributed by atoms with Crippen molar-refractivity contribution in [3.05, 3.63) is 53.6 Å². The molecular weight excluding hydrogens is 366 g/mol. The minimum atomic E-state index is -3.56. The van der Waals surface area contributed by atoms with E-state index < -0.39 is 22.0 Å². The van der Waals surface area contributed by atoms with Crippen molar-refractivity contribution < 1.29 is 17.9 Å². The van der Waals surface area contributed by atoms with Crippen LogP contribution in [0.25, 0.3) is 0 Å². The lowest BCUT2D eigenvalue weighted by Crippen LogP contribution is -2.48. The summed E-state index contributed by atoms with van der Waals surface area (Å²) in [6.45, 7) is 1.75. The number of benzene rings is 2. The predicted molar refractivity (Wildman–Crippen MR) is 102 cm³/mol. The van der Waals surface area contributed by atoms with Crippen molar-refractivity contribution in [2.75, 3.05) is 22.4 Å². The van der Waals surface area contributed by atoms with Gasteiger partial charge in [-0.2, -0.15) is 5.26 Å². The lowest BCUT2D eigenvalue weighted by Gasteiger charge is -2.34. The summed E-state index contributed by atoms with van der Waals surface area (Å²) in [5, 5.41) is 11.4. The summed E-state index contributed by atoms with van der Waals surface area (Å²) in [5.74, 6) is -0.0929. The average Bonchev–Trinajstić information content (AvgIpc) is 2.61. The molecule has 1 N–H and O–H groups in total. The number of anilines is 2. The van der Waals surface area contributed by atoms with Crippen LogP contribution < -0.4 is 14.4 Å². The number of carbonyl (C=O) groups excluding carboxylic acids is 1. The molecule has 7 nitrogen and oxygen atoms in total. The largest absolute Gasteiger partial charge is 0.476 e. The molecule has 2 aromatic carbocycles. The van der Waals surface area contributed by atoms with E-state index in [1.807, 2.05) is 6.92 Å². The summed E-state index contributed by atoms with van der Waals surface area (Å²) in [6, 6.07) is 14.1. The number of aryl methyl sites for hydroxylation is 1. The number of ether oxygens (including phenoxy) is 1. The summed E-state index contributed by atoms with van der Waals surface area (Å²) >= 11 is 0. The highest BCUT2D eigenvalue weighted by molar-refractivity contribution is 7.92. The summed E-state index contributed by atoms with van der Waals surface area (Å²) in [7, 11) is -3.56. The van der Waals surface area contributed by atoms with E-state index in [-0.39, 0.29) is 6.54 Å². The Morgan fingerprint density at radius 2 is 2.00 bits per heavy atom. The van der Waals surface area contributed by atoms with E-state index in [1.165, 1.54) is 4.31 Å². The lowest BCUT2D eigenvalue weighted by molar-refractivity contribution is -0.122. The molecule has 0 saturated carbocycles. The third-order valence-corrected chi connectivity index (χ3v) is 5.33. The van der Waals surface area contributed by atoms with Crippen LogP contribution in [0.5, 0.6) is 5.75 Å². The lowest BCUT2D eigenvalue weighted by atomic mass is 10.1. The zero-order valence-corrected chi connectivity index (χ0v) is 15.8. The number of hydrogen-bond donors (Lipinski definition) is 1. The number of hydrogen-bond acceptors (Lipinski definition) is 5. The number of nitrogens with zero attached hydrogens (tertiary/aromatic N) is 2. The fourth-order valence-electron chi connectivity index (χ4n) is 2.83. The van der Waals surface area contributed by atoms with E-state index in [0.717, 1.165) is 17.4 Å². The van der Waals surface area contributed by atoms with Gasteiger partial charge in [0.1, 0.15) is 5.75 Å². The predicted octanol–water partition coefficient (Wildman–Crippen LogP) is 2.23. The van der Waals surface area contributed by atoms with Crippen molar-refractivity contribution in [2.24, 2.45) is 0 Å². The maximum Gasteiger partial charge on any atom is 0.267 e. The molecule has 8 heteroatoms. The molecule has 0 aliphatic carbocycles. The number of nitriles is 1. The molecule has 140 valence electrons. The first-order valence-corrected chi connectivity index (χ1v) is 10.1. The van der Waals surface area contributed by atoms with Gasteiger partial charge in [0.15, 0.2) is 6.10 Å². The second-order valence-corrected chi connectivity index (χ2v) is 8.30. The second-order valence-electron chi connectivity index (χ2n) is 6.39. The molecule has 1 aliphatic heterocycles. The van der Waals surface area contributed by atoms with Crippen molar-refractivity contribution in [3.8, 4) is 11.8 Å². The molecule has 0 spiro atoms. The van der Waals surface area contributed by atoms with Gasteiger partial charge in [-0.1, -0.05) is 18.2 Å². The topological polar surface area (TPSA) is 99.5 Å². The van der Waals surface area contributed by atoms with Crippen LogP contribution in [0.3, 0.4) is 0 Å². The molecule has 1 heterocycles. The minimum absolute atomic E-state index is 0.104. The van der Waals surface area contributed by atoms with Crippen LogP contribution in [0.4, 0.5) is 11.4 Å². The SMILES string of the molecule is Cc1ccc2c(c1)N(S(C)(=O)=O)C[C@@H](C(=O)Nc1ccc(CC#N)cc1)O2. The van der Waals surface area contributed by atoms with Crippen LogP contribution >= 0.6 is 0 Å². The Kier molecular flexibility index (Phi) is 5.06. The van der Waals surface area contributed by atoms with Gasteiger partial charge < -0.3 is 10.1 Å². The summed E-state index contributed by atoms with van der Waals surface area (Å²) < 4.78 is 31.3. The molecule has 1 atom stereocenters. The van der Waals surface area contributed by atoms with Gasteiger partial charge in [0, 0.05) is 5.69 Å². The van der Waals surface area contributed by atoms with Crippen LogP contribution in [0, 0.1) is 18.3 Å². The molecule has 1 amide bonds. The van der Waals surface area contributed by atoms with Crippen molar-refractivity contribution in [2.45, 2.75) is 19.4 Å². The molecular formula is C19H19N3O4S. The van der Waals surface area contributed by atoms with Gasteiger partial charge in [0.2, 0.25) is 10.0 Å². The highest BCUT2D eigenvalue weighted by Gasteiger charge is 2.35. The Morgan fingerprint density at radius 1 is 1.30 bits per heavy atom. The highest BCUT2D eigenvalue weighted by Crippen LogP contribution is 2.36. The van der Waals surface area contributed by atoms with Crippen molar-refractivity contribution in [1.29, 1.82) is 5.26 Å². The van der Waals surface area contributed by atoms with Crippen LogP contribution in [0.15, 0.2) is 42.5 Å². The van der Waals surface area contributed by atoms with Crippen molar-refractivity contribution >= 4 is 27.3 Å². The van der Waals surface area contributed by atoms with Crippen LogP contribution in [0.2, 0.25) is 0 Å². The normalized spacial score (nSPS) is 16.0. The van der Waals surface area contributed by atoms with E-state index in [1.54, 1.807) is 42.5 Å². The summed E-state index contributed by atoms with van der Waals surface area (Å²) in [6.07, 6.45) is 0.418. The Labute approximate surface area is 158 Å². The van der Waals surface area contributed by atoms with Gasteiger partial charge in [-0.3, -0.25) is 9.10 Å². The zero-order chi connectivity index (χ0) is 19.6. The molecule has 0 aromatic heterocycles. The van der Waals surface area contributed by atoms with Gasteiger partial charge in [0.05, 0.1) is 31.0 Å². The zero-order valence-electron chi connectivity index (χ0n) is 15.0. The van der Waals surface area contributed by atoms with E-state index in [4.69, 9.17) is 10.00 Å². The molecule has 2 aromatic rings. The van der Waals surface area contributed by atoms with E-state index >= 15 is 0 Å². The van der Waals surface area contributed by atoms with E-state index in [0.29, 0.717) is 23.5 Å². The maximum atomic E-state index is 12.6. The molecule has 1 aliphatic rings. The van der Waals surface area contributed by atoms with Gasteiger partial charge in [0.25, 0.3) is 5.91 Å². The summed E-state index contributed by atoms with van der Waals surface area (Å²) in [4.78, 5) is 12.6. The van der Waals surface area contributed by atoms with Gasteiger partial charge in [-0.25, -0.2) is 8.42 Å². The van der Waals surface area contributed by atoms with Gasteiger partial charge in [-0.05, 0) is 42.3 Å². The summed E-state index contributed by atoms with van der Waals surface area (Å²) in [5.41, 5.74) is 2.72. The monoisotopic (exact) mass is 385 g/mol. The minimum Gasteiger partial charge on any atom is -0.476 e. The number of fused-ring (bicyclic) bond motifs is 1. The first kappa shape index (κ1) is 18.7. The first-order chi connectivity index (χ1) is 12.8. The molecule has 3 rings (SSSR count). The van der Waals surface area contributed by atoms with E-state index in [9.17, 15) is 13.2 Å². The van der Waals surface area contributed by atoms with Crippen molar-refractivity contribution in [3.63, 3.8) is 0 Å². The number of nitrogens with one attached hydrogen (secondary N) is 1.